The Labute approximate surface area is 133 Å². The standard InChI is InChI=1S/C17H28N4O/c1-14(2)8-9-18-17(22)19-15-4-6-16(7-5-15)21-12-10-20(3)11-13-21/h4-7,14H,8-13H2,1-3H3,(H2,18,19,22). The van der Waals surface area contributed by atoms with E-state index >= 15 is 0 Å². The first kappa shape index (κ1) is 16.6. The zero-order valence-electron chi connectivity index (χ0n) is 13.9. The molecular weight excluding hydrogens is 276 g/mol. The molecule has 2 N–H and O–H groups in total. The number of amides is 2. The van der Waals surface area contributed by atoms with Crippen LogP contribution < -0.4 is 15.5 Å². The third-order valence-corrected chi connectivity index (χ3v) is 4.00. The Kier molecular flexibility index (Phi) is 6.07. The van der Waals surface area contributed by atoms with Gasteiger partial charge in [-0.15, -0.1) is 0 Å². The normalized spacial score (nSPS) is 15.9. The third-order valence-electron chi connectivity index (χ3n) is 4.00. The molecule has 1 aromatic carbocycles. The quantitative estimate of drug-likeness (QED) is 0.879. The van der Waals surface area contributed by atoms with Crippen LogP contribution in [0, 0.1) is 5.92 Å². The second-order valence-electron chi connectivity index (χ2n) is 6.40. The van der Waals surface area contributed by atoms with Crippen LogP contribution in [0.5, 0.6) is 0 Å². The summed E-state index contributed by atoms with van der Waals surface area (Å²) in [5, 5.41) is 5.76. The number of urea groups is 1. The molecule has 0 aromatic heterocycles. The van der Waals surface area contributed by atoms with Gasteiger partial charge in [-0.1, -0.05) is 13.8 Å². The van der Waals surface area contributed by atoms with Crippen molar-refractivity contribution in [1.29, 1.82) is 0 Å². The summed E-state index contributed by atoms with van der Waals surface area (Å²) in [6.07, 6.45) is 0.996. The molecule has 1 saturated heterocycles. The number of likely N-dealkylation sites (N-methyl/N-ethyl adjacent to an activating group) is 1. The van der Waals surface area contributed by atoms with Gasteiger partial charge in [0.2, 0.25) is 0 Å². The Bertz CT molecular complexity index is 464. The monoisotopic (exact) mass is 304 g/mol. The SMILES string of the molecule is CC(C)CCNC(=O)Nc1ccc(N2CCN(C)CC2)cc1. The van der Waals surface area contributed by atoms with Gasteiger partial charge in [0.15, 0.2) is 0 Å². The van der Waals surface area contributed by atoms with E-state index in [4.69, 9.17) is 0 Å². The molecule has 1 aromatic rings. The summed E-state index contributed by atoms with van der Waals surface area (Å²) in [6.45, 7) is 9.31. The summed E-state index contributed by atoms with van der Waals surface area (Å²) in [5.74, 6) is 0.600. The van der Waals surface area contributed by atoms with Crippen LogP contribution in [-0.2, 0) is 0 Å². The number of rotatable bonds is 5. The smallest absolute Gasteiger partial charge is 0.319 e. The molecule has 2 rings (SSSR count). The first-order valence-electron chi connectivity index (χ1n) is 8.13. The van der Waals surface area contributed by atoms with Crippen LogP contribution >= 0.6 is 0 Å². The van der Waals surface area contributed by atoms with Crippen molar-refractivity contribution in [2.75, 3.05) is 50.0 Å². The van der Waals surface area contributed by atoms with E-state index in [0.717, 1.165) is 38.3 Å². The number of carbonyl (C=O) groups is 1. The summed E-state index contributed by atoms with van der Waals surface area (Å²) in [4.78, 5) is 16.5. The first-order valence-corrected chi connectivity index (χ1v) is 8.13. The minimum absolute atomic E-state index is 0.131. The van der Waals surface area contributed by atoms with Crippen molar-refractivity contribution >= 4 is 17.4 Å². The number of benzene rings is 1. The summed E-state index contributed by atoms with van der Waals surface area (Å²) in [5.41, 5.74) is 2.05. The molecule has 1 heterocycles. The lowest BCUT2D eigenvalue weighted by Crippen LogP contribution is -2.44. The maximum absolute atomic E-state index is 11.8. The van der Waals surface area contributed by atoms with Gasteiger partial charge in [0.05, 0.1) is 0 Å². The Morgan fingerprint density at radius 3 is 2.36 bits per heavy atom. The van der Waals surface area contributed by atoms with Gasteiger partial charge in [-0.2, -0.15) is 0 Å². The number of hydrogen-bond acceptors (Lipinski definition) is 3. The lowest BCUT2D eigenvalue weighted by molar-refractivity contribution is 0.251. The molecule has 1 aliphatic rings. The van der Waals surface area contributed by atoms with Gasteiger partial charge < -0.3 is 20.4 Å². The predicted molar refractivity (Wildman–Crippen MR) is 92.6 cm³/mol. The first-order chi connectivity index (χ1) is 10.5. The maximum atomic E-state index is 11.8. The van der Waals surface area contributed by atoms with Crippen molar-refractivity contribution in [1.82, 2.24) is 10.2 Å². The molecule has 0 atom stereocenters. The van der Waals surface area contributed by atoms with Crippen LogP contribution in [0.4, 0.5) is 16.2 Å². The van der Waals surface area contributed by atoms with E-state index in [9.17, 15) is 4.79 Å². The molecule has 0 bridgehead atoms. The number of carbonyl (C=O) groups excluding carboxylic acids is 1. The van der Waals surface area contributed by atoms with Gasteiger partial charge >= 0.3 is 6.03 Å². The predicted octanol–water partition coefficient (Wildman–Crippen LogP) is 2.61. The summed E-state index contributed by atoms with van der Waals surface area (Å²) in [7, 11) is 2.16. The number of hydrogen-bond donors (Lipinski definition) is 2. The van der Waals surface area contributed by atoms with Gasteiger partial charge in [-0.25, -0.2) is 4.79 Å². The molecule has 0 radical (unpaired) electrons. The van der Waals surface area contributed by atoms with Crippen LogP contribution in [0.1, 0.15) is 20.3 Å². The highest BCUT2D eigenvalue weighted by Crippen LogP contribution is 2.19. The van der Waals surface area contributed by atoms with Gasteiger partial charge in [-0.3, -0.25) is 0 Å². The molecule has 0 aliphatic carbocycles. The second kappa shape index (κ2) is 8.03. The van der Waals surface area contributed by atoms with Crippen molar-refractivity contribution in [2.24, 2.45) is 5.92 Å². The van der Waals surface area contributed by atoms with E-state index in [0.29, 0.717) is 12.5 Å². The fourth-order valence-corrected chi connectivity index (χ4v) is 2.47. The highest BCUT2D eigenvalue weighted by atomic mass is 16.2. The molecular formula is C17H28N4O. The Balaban J connectivity index is 1.80. The Morgan fingerprint density at radius 2 is 1.77 bits per heavy atom. The Hall–Kier alpha value is -1.75. The average molecular weight is 304 g/mol. The molecule has 0 spiro atoms. The molecule has 0 unspecified atom stereocenters. The van der Waals surface area contributed by atoms with Crippen LogP contribution in [0.3, 0.4) is 0 Å². The van der Waals surface area contributed by atoms with Gasteiger partial charge in [-0.05, 0) is 43.7 Å². The molecule has 1 aliphatic heterocycles. The van der Waals surface area contributed by atoms with E-state index in [1.54, 1.807) is 0 Å². The van der Waals surface area contributed by atoms with Crippen LogP contribution in [0.15, 0.2) is 24.3 Å². The van der Waals surface area contributed by atoms with Crippen molar-refractivity contribution < 1.29 is 4.79 Å². The van der Waals surface area contributed by atoms with E-state index in [-0.39, 0.29) is 6.03 Å². The molecule has 0 saturated carbocycles. The molecule has 5 nitrogen and oxygen atoms in total. The molecule has 1 fully saturated rings. The van der Waals surface area contributed by atoms with E-state index in [2.05, 4.69) is 53.5 Å². The minimum atomic E-state index is -0.131. The molecule has 5 heteroatoms. The maximum Gasteiger partial charge on any atom is 0.319 e. The van der Waals surface area contributed by atoms with Crippen molar-refractivity contribution in [3.05, 3.63) is 24.3 Å². The number of anilines is 2. The fraction of sp³-hybridized carbons (Fsp3) is 0.588. The van der Waals surface area contributed by atoms with E-state index < -0.39 is 0 Å². The van der Waals surface area contributed by atoms with Gasteiger partial charge in [0, 0.05) is 44.1 Å². The molecule has 2 amide bonds. The van der Waals surface area contributed by atoms with E-state index in [1.165, 1.54) is 5.69 Å². The largest absolute Gasteiger partial charge is 0.369 e. The number of piperazine rings is 1. The molecule has 122 valence electrons. The van der Waals surface area contributed by atoms with Crippen molar-refractivity contribution in [2.45, 2.75) is 20.3 Å². The summed E-state index contributed by atoms with van der Waals surface area (Å²) < 4.78 is 0. The van der Waals surface area contributed by atoms with Crippen LogP contribution in [0.25, 0.3) is 0 Å². The lowest BCUT2D eigenvalue weighted by Gasteiger charge is -2.34. The van der Waals surface area contributed by atoms with Crippen LogP contribution in [0.2, 0.25) is 0 Å². The van der Waals surface area contributed by atoms with Crippen molar-refractivity contribution in [3.63, 3.8) is 0 Å². The fourth-order valence-electron chi connectivity index (χ4n) is 2.47. The van der Waals surface area contributed by atoms with Gasteiger partial charge in [0.25, 0.3) is 0 Å². The highest BCUT2D eigenvalue weighted by molar-refractivity contribution is 5.89. The minimum Gasteiger partial charge on any atom is -0.369 e. The zero-order chi connectivity index (χ0) is 15.9. The van der Waals surface area contributed by atoms with Gasteiger partial charge in [0.1, 0.15) is 0 Å². The Morgan fingerprint density at radius 1 is 1.14 bits per heavy atom. The second-order valence-corrected chi connectivity index (χ2v) is 6.40. The number of nitrogens with zero attached hydrogens (tertiary/aromatic N) is 2. The van der Waals surface area contributed by atoms with E-state index in [1.807, 2.05) is 12.1 Å². The lowest BCUT2D eigenvalue weighted by atomic mass is 10.1. The number of nitrogens with one attached hydrogen (secondary N) is 2. The zero-order valence-corrected chi connectivity index (χ0v) is 13.9. The third kappa shape index (κ3) is 5.22. The summed E-state index contributed by atoms with van der Waals surface area (Å²) in [6, 6.07) is 7.96. The summed E-state index contributed by atoms with van der Waals surface area (Å²) >= 11 is 0. The molecule has 22 heavy (non-hydrogen) atoms. The van der Waals surface area contributed by atoms with Crippen LogP contribution in [-0.4, -0.2) is 50.7 Å². The highest BCUT2D eigenvalue weighted by Gasteiger charge is 2.14. The topological polar surface area (TPSA) is 47.6 Å². The van der Waals surface area contributed by atoms with Crippen molar-refractivity contribution in [3.8, 4) is 0 Å². The average Bonchev–Trinajstić information content (AvgIpc) is 2.48.